The predicted octanol–water partition coefficient (Wildman–Crippen LogP) is 3.30. The molecule has 2 heterocycles. The number of carbonyl (C=O) groups excluding carboxylic acids is 1. The predicted molar refractivity (Wildman–Crippen MR) is 121 cm³/mol. The van der Waals surface area contributed by atoms with Crippen molar-refractivity contribution in [3.63, 3.8) is 0 Å². The van der Waals surface area contributed by atoms with Crippen LogP contribution >= 0.6 is 12.2 Å². The third-order valence-corrected chi connectivity index (χ3v) is 5.19. The summed E-state index contributed by atoms with van der Waals surface area (Å²) < 4.78 is 11.8. The molecule has 0 bridgehead atoms. The molecular weight excluding hydrogens is 430 g/mol. The van der Waals surface area contributed by atoms with Crippen LogP contribution in [0.15, 0.2) is 59.6 Å². The van der Waals surface area contributed by atoms with Crippen LogP contribution in [0.1, 0.15) is 27.0 Å². The van der Waals surface area contributed by atoms with Crippen molar-refractivity contribution in [2.24, 2.45) is 16.5 Å². The fraction of sp³-hybridized carbons (Fsp3) is 0.130. The molecule has 9 heteroatoms. The highest BCUT2D eigenvalue weighted by atomic mass is 32.1. The third kappa shape index (κ3) is 3.39. The van der Waals surface area contributed by atoms with E-state index in [2.05, 4.69) is 22.4 Å². The molecule has 1 spiro atoms. The van der Waals surface area contributed by atoms with Gasteiger partial charge in [0.1, 0.15) is 23.0 Å². The lowest BCUT2D eigenvalue weighted by molar-refractivity contribution is 0.0224. The van der Waals surface area contributed by atoms with Crippen molar-refractivity contribution in [2.45, 2.75) is 5.60 Å². The van der Waals surface area contributed by atoms with E-state index in [4.69, 9.17) is 20.9 Å². The molecule has 8 nitrogen and oxygen atoms in total. The minimum Gasteiger partial charge on any atom is -0.508 e. The Hall–Kier alpha value is -3.75. The molecule has 5 rings (SSSR count). The highest BCUT2D eigenvalue weighted by Gasteiger charge is 2.53. The number of isothiocyanates is 1. The topological polar surface area (TPSA) is 140 Å². The van der Waals surface area contributed by atoms with Crippen LogP contribution in [-0.4, -0.2) is 34.4 Å². The Bertz CT molecular complexity index is 1220. The van der Waals surface area contributed by atoms with E-state index < -0.39 is 11.6 Å². The first kappa shape index (κ1) is 21.5. The van der Waals surface area contributed by atoms with Crippen LogP contribution in [0.2, 0.25) is 0 Å². The van der Waals surface area contributed by atoms with Gasteiger partial charge in [-0.15, -0.1) is 0 Å². The van der Waals surface area contributed by atoms with E-state index in [0.717, 1.165) is 0 Å². The van der Waals surface area contributed by atoms with Crippen molar-refractivity contribution in [3.8, 4) is 23.0 Å². The normalized spacial score (nSPS) is 14.0. The summed E-state index contributed by atoms with van der Waals surface area (Å²) in [7, 11) is 0. The molecule has 0 aliphatic carbocycles. The molecule has 0 unspecified atom stereocenters. The van der Waals surface area contributed by atoms with Crippen LogP contribution in [0.3, 0.4) is 0 Å². The van der Waals surface area contributed by atoms with E-state index in [9.17, 15) is 15.0 Å². The number of hydrogen-bond acceptors (Lipinski definition) is 9. The van der Waals surface area contributed by atoms with Crippen molar-refractivity contribution in [3.05, 3.63) is 76.9 Å². The largest absolute Gasteiger partial charge is 0.508 e. The van der Waals surface area contributed by atoms with E-state index >= 15 is 0 Å². The zero-order valence-corrected chi connectivity index (χ0v) is 17.6. The zero-order valence-electron chi connectivity index (χ0n) is 16.7. The number of aliphatic imine (C=N–C) groups is 1. The minimum absolute atomic E-state index is 0.00715. The molecule has 162 valence electrons. The van der Waals surface area contributed by atoms with E-state index in [-0.39, 0.29) is 11.5 Å². The second-order valence-corrected chi connectivity index (χ2v) is 7.23. The maximum absolute atomic E-state index is 12.8. The maximum Gasteiger partial charge on any atom is 0.340 e. The van der Waals surface area contributed by atoms with Gasteiger partial charge >= 0.3 is 5.97 Å². The van der Waals surface area contributed by atoms with Gasteiger partial charge in [0.25, 0.3) is 0 Å². The third-order valence-electron chi connectivity index (χ3n) is 5.10. The first-order chi connectivity index (χ1) is 15.4. The number of rotatable bonds is 2. The Morgan fingerprint density at radius 3 is 2.00 bits per heavy atom. The monoisotopic (exact) mass is 449 g/mol. The number of thiocarbonyl (C=S) groups is 1. The lowest BCUT2D eigenvalue weighted by atomic mass is 9.77. The van der Waals surface area contributed by atoms with Crippen molar-refractivity contribution in [1.29, 1.82) is 0 Å². The number of esters is 1. The summed E-state index contributed by atoms with van der Waals surface area (Å²) in [4.78, 5) is 16.7. The van der Waals surface area contributed by atoms with Crippen molar-refractivity contribution in [1.82, 2.24) is 0 Å². The summed E-state index contributed by atoms with van der Waals surface area (Å²) in [6, 6.07) is 14.3. The van der Waals surface area contributed by atoms with Gasteiger partial charge in [-0.2, -0.15) is 4.99 Å². The molecule has 2 aliphatic rings. The average molecular weight is 449 g/mol. The maximum atomic E-state index is 12.8. The minimum atomic E-state index is -1.27. The second kappa shape index (κ2) is 8.41. The molecule has 6 N–H and O–H groups in total. The molecule has 0 aromatic heterocycles. The number of nitrogens with zero attached hydrogens (tertiary/aromatic N) is 1. The van der Waals surface area contributed by atoms with E-state index in [1.807, 2.05) is 0 Å². The van der Waals surface area contributed by atoms with Gasteiger partial charge in [0, 0.05) is 41.9 Å². The molecule has 2 aliphatic heterocycles. The molecule has 0 fully saturated rings. The van der Waals surface area contributed by atoms with Gasteiger partial charge in [-0.25, -0.2) is 4.79 Å². The molecule has 0 radical (unpaired) electrons. The van der Waals surface area contributed by atoms with Gasteiger partial charge in [0.15, 0.2) is 5.60 Å². The van der Waals surface area contributed by atoms with Crippen molar-refractivity contribution in [2.75, 3.05) is 13.1 Å². The summed E-state index contributed by atoms with van der Waals surface area (Å²) in [5, 5.41) is 22.1. The summed E-state index contributed by atoms with van der Waals surface area (Å²) in [5.41, 5.74) is 11.1. The Balaban J connectivity index is 0.000000567. The lowest BCUT2D eigenvalue weighted by Gasteiger charge is -2.36. The number of nitrogens with two attached hydrogens (primary N) is 2. The molecule has 3 aromatic carbocycles. The fourth-order valence-corrected chi connectivity index (χ4v) is 3.92. The van der Waals surface area contributed by atoms with Gasteiger partial charge in [0.2, 0.25) is 0 Å². The number of aromatic hydroxyl groups is 2. The van der Waals surface area contributed by atoms with Gasteiger partial charge < -0.3 is 31.2 Å². The lowest BCUT2D eigenvalue weighted by Crippen LogP contribution is -2.32. The molecule has 0 atom stereocenters. The first-order valence-corrected chi connectivity index (χ1v) is 10.1. The quantitative estimate of drug-likeness (QED) is 0.265. The molecule has 0 saturated heterocycles. The summed E-state index contributed by atoms with van der Waals surface area (Å²) in [5.74, 6) is 0.163. The van der Waals surface area contributed by atoms with Gasteiger partial charge in [-0.1, -0.05) is 6.07 Å². The number of ether oxygens (including phenoxy) is 2. The van der Waals surface area contributed by atoms with E-state index in [1.54, 1.807) is 30.3 Å². The van der Waals surface area contributed by atoms with Crippen LogP contribution in [0.5, 0.6) is 23.0 Å². The van der Waals surface area contributed by atoms with Crippen LogP contribution in [0.25, 0.3) is 0 Å². The summed E-state index contributed by atoms with van der Waals surface area (Å²) in [6.07, 6.45) is 0. The summed E-state index contributed by atoms with van der Waals surface area (Å²) >= 11 is 4.64. The number of phenolic OH excluding ortho intramolecular Hbond substituents is 2. The second-order valence-electron chi connectivity index (χ2n) is 7.04. The van der Waals surface area contributed by atoms with Gasteiger partial charge in [-0.05, 0) is 48.6 Å². The highest BCUT2D eigenvalue weighted by Crippen LogP contribution is 2.57. The number of benzene rings is 3. The molecule has 0 amide bonds. The highest BCUT2D eigenvalue weighted by molar-refractivity contribution is 7.78. The Labute approximate surface area is 188 Å². The number of phenols is 2. The van der Waals surface area contributed by atoms with Crippen LogP contribution in [0.4, 0.5) is 5.69 Å². The van der Waals surface area contributed by atoms with E-state index in [1.165, 1.54) is 24.3 Å². The zero-order chi connectivity index (χ0) is 22.9. The molecule has 32 heavy (non-hydrogen) atoms. The Morgan fingerprint density at radius 2 is 1.47 bits per heavy atom. The SMILES string of the molecule is NCCN.O=C1OC2(c3ccc(O)cc3Oc3cc(O)ccc32)c2ccc(N=C=S)cc21. The fourth-order valence-electron chi connectivity index (χ4n) is 3.82. The number of carbonyl (C=O) groups is 1. The Morgan fingerprint density at radius 1 is 0.906 bits per heavy atom. The van der Waals surface area contributed by atoms with Crippen LogP contribution < -0.4 is 16.2 Å². The number of fused-ring (bicyclic) bond motifs is 6. The smallest absolute Gasteiger partial charge is 0.340 e. The summed E-state index contributed by atoms with van der Waals surface area (Å²) in [6.45, 7) is 1.19. The molecular formula is C23H19N3O5S. The van der Waals surface area contributed by atoms with Crippen molar-refractivity contribution < 1.29 is 24.5 Å². The average Bonchev–Trinajstić information content (AvgIpc) is 3.06. The number of hydrogen-bond donors (Lipinski definition) is 4. The van der Waals surface area contributed by atoms with Crippen molar-refractivity contribution >= 4 is 29.0 Å². The molecule has 3 aromatic rings. The van der Waals surface area contributed by atoms with Gasteiger partial charge in [-0.3, -0.25) is 0 Å². The van der Waals surface area contributed by atoms with E-state index in [0.29, 0.717) is 52.5 Å². The Kier molecular flexibility index (Phi) is 5.65. The van der Waals surface area contributed by atoms with Crippen LogP contribution in [0, 0.1) is 0 Å². The molecule has 0 saturated carbocycles. The first-order valence-electron chi connectivity index (χ1n) is 9.65. The van der Waals surface area contributed by atoms with Crippen LogP contribution in [-0.2, 0) is 10.3 Å². The van der Waals surface area contributed by atoms with Gasteiger partial charge in [0.05, 0.1) is 16.4 Å². The standard InChI is InChI=1S/C21H11NO5S.C2H8N2/c23-12-2-5-16-18(8-12)26-19-9-13(24)3-6-17(19)21(16)15-4-1-11(22-10-28)7-14(15)20(25)27-21;3-1-2-4/h1-9,23-24H;1-4H2.